The molecule has 3 amide bonds. The van der Waals surface area contributed by atoms with Crippen LogP contribution in [-0.4, -0.2) is 85.1 Å². The summed E-state index contributed by atoms with van der Waals surface area (Å²) in [5, 5.41) is 33.9. The summed E-state index contributed by atoms with van der Waals surface area (Å²) in [7, 11) is 0. The van der Waals surface area contributed by atoms with Crippen molar-refractivity contribution in [2.24, 2.45) is 11.7 Å². The van der Waals surface area contributed by atoms with Gasteiger partial charge in [-0.1, -0.05) is 13.8 Å². The van der Waals surface area contributed by atoms with Gasteiger partial charge in [0.05, 0.1) is 18.8 Å². The number of rotatable bonds is 16. The van der Waals surface area contributed by atoms with Gasteiger partial charge in [0.2, 0.25) is 17.7 Å². The first kappa shape index (κ1) is 30.0. The number of nitrogens with two attached hydrogens (primary N) is 1. The first-order valence-corrected chi connectivity index (χ1v) is 11.1. The molecule has 0 aromatic carbocycles. The molecule has 200 valence electrons. The molecule has 0 aliphatic heterocycles. The lowest BCUT2D eigenvalue weighted by Crippen LogP contribution is -2.57. The van der Waals surface area contributed by atoms with Crippen molar-refractivity contribution in [1.82, 2.24) is 25.9 Å². The van der Waals surface area contributed by atoms with E-state index in [-0.39, 0.29) is 12.3 Å². The molecule has 4 unspecified atom stereocenters. The molecular weight excluding hydrogens is 480 g/mol. The summed E-state index contributed by atoms with van der Waals surface area (Å²) >= 11 is 0. The molecule has 0 saturated carbocycles. The number of carboxylic acids is 3. The van der Waals surface area contributed by atoms with Crippen molar-refractivity contribution in [3.05, 3.63) is 18.2 Å². The largest absolute Gasteiger partial charge is 0.481 e. The highest BCUT2D eigenvalue weighted by molar-refractivity contribution is 5.95. The van der Waals surface area contributed by atoms with Gasteiger partial charge in [0.25, 0.3) is 0 Å². The number of aromatic nitrogens is 2. The van der Waals surface area contributed by atoms with Gasteiger partial charge in [-0.15, -0.1) is 0 Å². The number of carboxylic acid groups (broad SMARTS) is 3. The number of H-pyrrole nitrogens is 1. The summed E-state index contributed by atoms with van der Waals surface area (Å²) in [6, 6.07) is -5.50. The number of carbonyl (C=O) groups excluding carboxylic acids is 3. The lowest BCUT2D eigenvalue weighted by molar-refractivity contribution is -0.147. The third-order valence-corrected chi connectivity index (χ3v) is 4.95. The molecule has 0 bridgehead atoms. The van der Waals surface area contributed by atoms with E-state index in [0.717, 1.165) is 0 Å². The Kier molecular flexibility index (Phi) is 12.0. The summed E-state index contributed by atoms with van der Waals surface area (Å²) in [5.74, 6) is -6.90. The normalized spacial score (nSPS) is 14.2. The summed E-state index contributed by atoms with van der Waals surface area (Å²) in [5.41, 5.74) is 6.36. The summed E-state index contributed by atoms with van der Waals surface area (Å²) in [6.45, 7) is 3.73. The summed E-state index contributed by atoms with van der Waals surface area (Å²) in [6.07, 6.45) is 1.11. The number of nitrogens with zero attached hydrogens (tertiary/aromatic N) is 1. The smallest absolute Gasteiger partial charge is 0.326 e. The molecule has 0 aliphatic carbocycles. The molecule has 1 rings (SSSR count). The first-order chi connectivity index (χ1) is 16.8. The van der Waals surface area contributed by atoms with E-state index >= 15 is 0 Å². The molecule has 0 radical (unpaired) electrons. The molecule has 1 aromatic heterocycles. The van der Waals surface area contributed by atoms with E-state index in [9.17, 15) is 28.8 Å². The Hall–Kier alpha value is -4.01. The molecular formula is C21H32N6O9. The standard InChI is InChI=1S/C21H32N6O9/c1-10(2)5-12(22)18(32)26-14(6-11-8-23-9-24-11)20(34)25-13(3-4-16(28)29)19(33)27-15(21(35)36)7-17(30)31/h8-10,12-15H,3-7,22H2,1-2H3,(H,23,24)(H,25,34)(H,26,32)(H,27,33)(H,28,29)(H,30,31)(H,35,36). The highest BCUT2D eigenvalue weighted by Crippen LogP contribution is 2.07. The van der Waals surface area contributed by atoms with Gasteiger partial charge in [-0.25, -0.2) is 9.78 Å². The molecule has 1 heterocycles. The maximum Gasteiger partial charge on any atom is 0.326 e. The molecule has 9 N–H and O–H groups in total. The fourth-order valence-electron chi connectivity index (χ4n) is 3.18. The molecule has 15 heteroatoms. The molecule has 4 atom stereocenters. The number of nitrogens with one attached hydrogen (secondary N) is 4. The quantitative estimate of drug-likeness (QED) is 0.123. The van der Waals surface area contributed by atoms with E-state index in [4.69, 9.17) is 21.1 Å². The Morgan fingerprint density at radius 2 is 1.50 bits per heavy atom. The first-order valence-electron chi connectivity index (χ1n) is 11.1. The number of amides is 3. The molecule has 15 nitrogen and oxygen atoms in total. The van der Waals surface area contributed by atoms with Crippen LogP contribution in [-0.2, 0) is 35.2 Å². The fraction of sp³-hybridized carbons (Fsp3) is 0.571. The van der Waals surface area contributed by atoms with Crippen LogP contribution in [0.15, 0.2) is 12.5 Å². The number of aromatic amines is 1. The number of imidazole rings is 1. The average Bonchev–Trinajstić information content (AvgIpc) is 3.27. The SMILES string of the molecule is CC(C)CC(N)C(=O)NC(Cc1cnc[nH]1)C(=O)NC(CCC(=O)O)C(=O)NC(CC(=O)O)C(=O)O. The van der Waals surface area contributed by atoms with Crippen molar-refractivity contribution in [3.63, 3.8) is 0 Å². The van der Waals surface area contributed by atoms with Gasteiger partial charge in [-0.3, -0.25) is 24.0 Å². The molecule has 0 saturated heterocycles. The number of aliphatic carboxylic acids is 3. The monoisotopic (exact) mass is 512 g/mol. The van der Waals surface area contributed by atoms with Crippen molar-refractivity contribution < 1.29 is 44.1 Å². The second-order valence-corrected chi connectivity index (χ2v) is 8.57. The Bertz CT molecular complexity index is 934. The molecule has 1 aromatic rings. The van der Waals surface area contributed by atoms with E-state index < -0.39 is 79.1 Å². The number of hydrogen-bond acceptors (Lipinski definition) is 8. The predicted molar refractivity (Wildman–Crippen MR) is 122 cm³/mol. The Morgan fingerprint density at radius 1 is 0.917 bits per heavy atom. The maximum absolute atomic E-state index is 13.1. The van der Waals surface area contributed by atoms with Crippen LogP contribution >= 0.6 is 0 Å². The van der Waals surface area contributed by atoms with E-state index in [1.807, 2.05) is 19.2 Å². The molecule has 0 spiro atoms. The highest BCUT2D eigenvalue weighted by atomic mass is 16.4. The van der Waals surface area contributed by atoms with Crippen LogP contribution in [0.2, 0.25) is 0 Å². The Morgan fingerprint density at radius 3 is 2.00 bits per heavy atom. The van der Waals surface area contributed by atoms with Gasteiger partial charge >= 0.3 is 17.9 Å². The average molecular weight is 513 g/mol. The van der Waals surface area contributed by atoms with Crippen LogP contribution < -0.4 is 21.7 Å². The minimum atomic E-state index is -1.81. The third kappa shape index (κ3) is 10.9. The number of carbonyl (C=O) groups is 6. The van der Waals surface area contributed by atoms with Crippen molar-refractivity contribution in [2.45, 2.75) is 70.1 Å². The lowest BCUT2D eigenvalue weighted by atomic mass is 10.0. The van der Waals surface area contributed by atoms with Crippen LogP contribution in [0.3, 0.4) is 0 Å². The van der Waals surface area contributed by atoms with Gasteiger partial charge in [0.1, 0.15) is 18.1 Å². The van der Waals surface area contributed by atoms with Crippen molar-refractivity contribution in [1.29, 1.82) is 0 Å². The zero-order chi connectivity index (χ0) is 27.4. The Labute approximate surface area is 206 Å². The molecule has 0 fully saturated rings. The van der Waals surface area contributed by atoms with Crippen molar-refractivity contribution in [3.8, 4) is 0 Å². The Balaban J connectivity index is 3.09. The zero-order valence-electron chi connectivity index (χ0n) is 19.9. The number of hydrogen-bond donors (Lipinski definition) is 8. The van der Waals surface area contributed by atoms with E-state index in [0.29, 0.717) is 12.1 Å². The van der Waals surface area contributed by atoms with Crippen molar-refractivity contribution in [2.75, 3.05) is 0 Å². The summed E-state index contributed by atoms with van der Waals surface area (Å²) in [4.78, 5) is 78.2. The maximum atomic E-state index is 13.1. The minimum Gasteiger partial charge on any atom is -0.481 e. The highest BCUT2D eigenvalue weighted by Gasteiger charge is 2.31. The second-order valence-electron chi connectivity index (χ2n) is 8.57. The van der Waals surface area contributed by atoms with Gasteiger partial charge in [-0.2, -0.15) is 0 Å². The van der Waals surface area contributed by atoms with Crippen LogP contribution in [0.4, 0.5) is 0 Å². The van der Waals surface area contributed by atoms with Gasteiger partial charge in [-0.05, 0) is 18.8 Å². The van der Waals surface area contributed by atoms with E-state index in [1.54, 1.807) is 0 Å². The van der Waals surface area contributed by atoms with Crippen LogP contribution in [0.5, 0.6) is 0 Å². The zero-order valence-corrected chi connectivity index (χ0v) is 19.9. The summed E-state index contributed by atoms with van der Waals surface area (Å²) < 4.78 is 0. The van der Waals surface area contributed by atoms with Gasteiger partial charge in [0.15, 0.2) is 0 Å². The lowest BCUT2D eigenvalue weighted by Gasteiger charge is -2.25. The minimum absolute atomic E-state index is 0.0734. The van der Waals surface area contributed by atoms with Crippen LogP contribution in [0.1, 0.15) is 45.2 Å². The van der Waals surface area contributed by atoms with Gasteiger partial charge in [0, 0.05) is 24.7 Å². The molecule has 0 aliphatic rings. The predicted octanol–water partition coefficient (Wildman–Crippen LogP) is -1.80. The van der Waals surface area contributed by atoms with Gasteiger partial charge < -0.3 is 42.0 Å². The van der Waals surface area contributed by atoms with E-state index in [2.05, 4.69) is 20.6 Å². The third-order valence-electron chi connectivity index (χ3n) is 4.95. The second kappa shape index (κ2) is 14.4. The van der Waals surface area contributed by atoms with Crippen molar-refractivity contribution >= 4 is 35.6 Å². The topological polar surface area (TPSA) is 254 Å². The van der Waals surface area contributed by atoms with Crippen LogP contribution in [0.25, 0.3) is 0 Å². The molecule has 36 heavy (non-hydrogen) atoms. The van der Waals surface area contributed by atoms with Crippen LogP contribution in [0, 0.1) is 5.92 Å². The van der Waals surface area contributed by atoms with E-state index in [1.165, 1.54) is 12.5 Å². The fourth-order valence-corrected chi connectivity index (χ4v) is 3.18.